The number of hydrogen-bond donors (Lipinski definition) is 3. The summed E-state index contributed by atoms with van der Waals surface area (Å²) >= 11 is 0. The Balaban J connectivity index is 1.92. The lowest BCUT2D eigenvalue weighted by Gasteiger charge is -2.18. The number of nitrogens with zero attached hydrogens (tertiary/aromatic N) is 2. The number of anilines is 1. The van der Waals surface area contributed by atoms with Crippen LogP contribution in [-0.4, -0.2) is 38.5 Å². The lowest BCUT2D eigenvalue weighted by Crippen LogP contribution is -2.29. The van der Waals surface area contributed by atoms with Crippen molar-refractivity contribution in [2.45, 2.75) is 39.7 Å². The molecule has 0 aliphatic rings. The SMILES string of the molecule is CC(C)(O)CNc1cccc(-c2cnc3[nH]cc(CC(C)(C)C=O)c3n2)c1. The first-order valence-electron chi connectivity index (χ1n) is 9.03. The van der Waals surface area contributed by atoms with E-state index in [0.717, 1.165) is 34.3 Å². The summed E-state index contributed by atoms with van der Waals surface area (Å²) in [6.07, 6.45) is 5.19. The van der Waals surface area contributed by atoms with E-state index in [1.165, 1.54) is 0 Å². The smallest absolute Gasteiger partial charge is 0.156 e. The van der Waals surface area contributed by atoms with Crippen LogP contribution in [-0.2, 0) is 11.2 Å². The summed E-state index contributed by atoms with van der Waals surface area (Å²) in [5.74, 6) is 0. The zero-order chi connectivity index (χ0) is 19.7. The lowest BCUT2D eigenvalue weighted by molar-refractivity contribution is -0.114. The molecule has 3 N–H and O–H groups in total. The van der Waals surface area contributed by atoms with E-state index in [2.05, 4.69) is 15.3 Å². The van der Waals surface area contributed by atoms with Gasteiger partial charge in [0.05, 0.1) is 17.5 Å². The molecule has 0 spiro atoms. The molecule has 6 heteroatoms. The van der Waals surface area contributed by atoms with Crippen molar-refractivity contribution in [3.8, 4) is 11.3 Å². The summed E-state index contributed by atoms with van der Waals surface area (Å²) in [7, 11) is 0. The zero-order valence-corrected chi connectivity index (χ0v) is 16.2. The third-order valence-corrected chi connectivity index (χ3v) is 4.31. The normalized spacial score (nSPS) is 12.3. The zero-order valence-electron chi connectivity index (χ0n) is 16.2. The molecule has 0 saturated heterocycles. The van der Waals surface area contributed by atoms with Crippen molar-refractivity contribution < 1.29 is 9.90 Å². The molecule has 0 bridgehead atoms. The Bertz CT molecular complexity index is 954. The van der Waals surface area contributed by atoms with Gasteiger partial charge in [0.25, 0.3) is 0 Å². The van der Waals surface area contributed by atoms with Crippen molar-refractivity contribution in [3.05, 3.63) is 42.2 Å². The molecule has 2 aromatic heterocycles. The Morgan fingerprint density at radius 1 is 1.26 bits per heavy atom. The van der Waals surface area contributed by atoms with Crippen molar-refractivity contribution in [1.82, 2.24) is 15.0 Å². The van der Waals surface area contributed by atoms with E-state index in [1.54, 1.807) is 20.0 Å². The highest BCUT2D eigenvalue weighted by molar-refractivity contribution is 5.79. The van der Waals surface area contributed by atoms with Crippen molar-refractivity contribution in [2.24, 2.45) is 5.41 Å². The third kappa shape index (κ3) is 4.71. The molecular formula is C21H26N4O2. The van der Waals surface area contributed by atoms with Crippen LogP contribution in [0, 0.1) is 5.41 Å². The minimum atomic E-state index is -0.792. The van der Waals surface area contributed by atoms with Gasteiger partial charge in [0.2, 0.25) is 0 Å². The number of fused-ring (bicyclic) bond motifs is 1. The number of aromatic amines is 1. The van der Waals surface area contributed by atoms with E-state index in [4.69, 9.17) is 4.98 Å². The second kappa shape index (κ2) is 7.12. The predicted molar refractivity (Wildman–Crippen MR) is 108 cm³/mol. The van der Waals surface area contributed by atoms with Gasteiger partial charge < -0.3 is 20.2 Å². The number of carbonyl (C=O) groups is 1. The second-order valence-electron chi connectivity index (χ2n) is 8.30. The number of carbonyl (C=O) groups excluding carboxylic acids is 1. The summed E-state index contributed by atoms with van der Waals surface area (Å²) < 4.78 is 0. The monoisotopic (exact) mass is 366 g/mol. The molecule has 3 aromatic rings. The summed E-state index contributed by atoms with van der Waals surface area (Å²) in [6.45, 7) is 7.79. The molecule has 0 aliphatic carbocycles. The highest BCUT2D eigenvalue weighted by atomic mass is 16.3. The third-order valence-electron chi connectivity index (χ3n) is 4.31. The van der Waals surface area contributed by atoms with Crippen LogP contribution in [0.2, 0.25) is 0 Å². The number of benzene rings is 1. The van der Waals surface area contributed by atoms with Crippen molar-refractivity contribution in [2.75, 3.05) is 11.9 Å². The second-order valence-corrected chi connectivity index (χ2v) is 8.30. The van der Waals surface area contributed by atoms with Gasteiger partial charge in [-0.25, -0.2) is 9.97 Å². The van der Waals surface area contributed by atoms with E-state index in [0.29, 0.717) is 18.6 Å². The number of nitrogens with one attached hydrogen (secondary N) is 2. The molecule has 0 radical (unpaired) electrons. The van der Waals surface area contributed by atoms with Crippen LogP contribution in [0.4, 0.5) is 5.69 Å². The fourth-order valence-corrected chi connectivity index (χ4v) is 2.86. The van der Waals surface area contributed by atoms with Crippen molar-refractivity contribution in [1.29, 1.82) is 0 Å². The molecule has 6 nitrogen and oxygen atoms in total. The number of rotatable bonds is 7. The van der Waals surface area contributed by atoms with Crippen LogP contribution in [0.3, 0.4) is 0 Å². The van der Waals surface area contributed by atoms with Crippen LogP contribution >= 0.6 is 0 Å². The molecule has 1 aromatic carbocycles. The van der Waals surface area contributed by atoms with Gasteiger partial charge in [0.15, 0.2) is 5.65 Å². The molecule has 0 amide bonds. The average Bonchev–Trinajstić information content (AvgIpc) is 3.01. The van der Waals surface area contributed by atoms with Crippen LogP contribution in [0.1, 0.15) is 33.3 Å². The molecule has 2 heterocycles. The van der Waals surface area contributed by atoms with Crippen molar-refractivity contribution in [3.63, 3.8) is 0 Å². The van der Waals surface area contributed by atoms with Crippen LogP contribution in [0.25, 0.3) is 22.4 Å². The summed E-state index contributed by atoms with van der Waals surface area (Å²) in [4.78, 5) is 23.7. The molecule has 142 valence electrons. The molecule has 0 atom stereocenters. The topological polar surface area (TPSA) is 90.9 Å². The number of hydrogen-bond acceptors (Lipinski definition) is 5. The number of aliphatic hydroxyl groups is 1. The first kappa shape index (κ1) is 19.0. The van der Waals surface area contributed by atoms with Crippen LogP contribution < -0.4 is 5.32 Å². The van der Waals surface area contributed by atoms with Crippen molar-refractivity contribution >= 4 is 23.1 Å². The van der Waals surface area contributed by atoms with Gasteiger partial charge in [0.1, 0.15) is 11.8 Å². The van der Waals surface area contributed by atoms with Crippen LogP contribution in [0.15, 0.2) is 36.7 Å². The summed E-state index contributed by atoms with van der Waals surface area (Å²) in [5, 5.41) is 13.1. The number of aldehydes is 1. The maximum absolute atomic E-state index is 11.3. The Labute approximate surface area is 159 Å². The maximum Gasteiger partial charge on any atom is 0.156 e. The first-order chi connectivity index (χ1) is 12.7. The van der Waals surface area contributed by atoms with Gasteiger partial charge in [-0.15, -0.1) is 0 Å². The van der Waals surface area contributed by atoms with Gasteiger partial charge in [-0.3, -0.25) is 0 Å². The fourth-order valence-electron chi connectivity index (χ4n) is 2.86. The Kier molecular flexibility index (Phi) is 5.02. The number of H-pyrrole nitrogens is 1. The highest BCUT2D eigenvalue weighted by Crippen LogP contribution is 2.27. The molecule has 3 rings (SSSR count). The predicted octanol–water partition coefficient (Wildman–Crippen LogP) is 3.58. The molecular weight excluding hydrogens is 340 g/mol. The van der Waals surface area contributed by atoms with Gasteiger partial charge in [0, 0.05) is 29.4 Å². The van der Waals surface area contributed by atoms with E-state index in [-0.39, 0.29) is 0 Å². The van der Waals surface area contributed by atoms with E-state index in [1.807, 2.05) is 44.3 Å². The fraction of sp³-hybridized carbons (Fsp3) is 0.381. The Hall–Kier alpha value is -2.73. The van der Waals surface area contributed by atoms with Crippen LogP contribution in [0.5, 0.6) is 0 Å². The molecule has 0 saturated carbocycles. The largest absolute Gasteiger partial charge is 0.389 e. The van der Waals surface area contributed by atoms with Gasteiger partial charge in [-0.1, -0.05) is 26.0 Å². The molecule has 0 fully saturated rings. The van der Waals surface area contributed by atoms with E-state index < -0.39 is 11.0 Å². The van der Waals surface area contributed by atoms with E-state index >= 15 is 0 Å². The molecule has 0 unspecified atom stereocenters. The highest BCUT2D eigenvalue weighted by Gasteiger charge is 2.20. The standard InChI is InChI=1S/C21H26N4O2/c1-20(2,13-26)9-15-10-22-19-18(15)25-17(11-23-19)14-6-5-7-16(8-14)24-12-21(3,4)27/h5-8,10-11,13,24,27H,9,12H2,1-4H3,(H,22,23). The quantitative estimate of drug-likeness (QED) is 0.556. The summed E-state index contributed by atoms with van der Waals surface area (Å²) in [6, 6.07) is 7.87. The van der Waals surface area contributed by atoms with Gasteiger partial charge in [-0.2, -0.15) is 0 Å². The average molecular weight is 366 g/mol. The van der Waals surface area contributed by atoms with Gasteiger partial charge in [-0.05, 0) is 38.0 Å². The first-order valence-corrected chi connectivity index (χ1v) is 9.03. The van der Waals surface area contributed by atoms with E-state index in [9.17, 15) is 9.90 Å². The molecule has 0 aliphatic heterocycles. The minimum Gasteiger partial charge on any atom is -0.389 e. The Morgan fingerprint density at radius 3 is 2.74 bits per heavy atom. The lowest BCUT2D eigenvalue weighted by atomic mass is 9.88. The van der Waals surface area contributed by atoms with Gasteiger partial charge >= 0.3 is 0 Å². The summed E-state index contributed by atoms with van der Waals surface area (Å²) in [5.41, 5.74) is 3.85. The maximum atomic E-state index is 11.3. The molecule has 27 heavy (non-hydrogen) atoms. The Morgan fingerprint density at radius 2 is 2.04 bits per heavy atom. The minimum absolute atomic E-state index is 0.448. The number of aromatic nitrogens is 3.